The van der Waals surface area contributed by atoms with Gasteiger partial charge in [-0.25, -0.2) is 0 Å². The SMILES string of the molecule is Cc1c2ccccc2c(CNCCSCCCl)c2ccc3ccccc3c12.Cl. The van der Waals surface area contributed by atoms with Crippen LogP contribution in [0.3, 0.4) is 0 Å². The van der Waals surface area contributed by atoms with Crippen molar-refractivity contribution in [3.63, 3.8) is 0 Å². The van der Waals surface area contributed by atoms with Crippen molar-refractivity contribution < 1.29 is 0 Å². The minimum atomic E-state index is 0. The third-order valence-electron chi connectivity index (χ3n) is 5.23. The zero-order valence-electron chi connectivity index (χ0n) is 16.0. The van der Waals surface area contributed by atoms with Gasteiger partial charge in [0.15, 0.2) is 0 Å². The van der Waals surface area contributed by atoms with Crippen LogP contribution >= 0.6 is 35.8 Å². The molecule has 4 aromatic carbocycles. The predicted octanol–water partition coefficient (Wildman–Crippen LogP) is 6.94. The number of hydrogen-bond acceptors (Lipinski definition) is 2. The van der Waals surface area contributed by atoms with E-state index in [9.17, 15) is 0 Å². The maximum absolute atomic E-state index is 5.76. The first kappa shape index (κ1) is 21.3. The second-order valence-corrected chi connectivity index (χ2v) is 8.44. The van der Waals surface area contributed by atoms with Crippen molar-refractivity contribution in [2.24, 2.45) is 0 Å². The molecule has 0 heterocycles. The summed E-state index contributed by atoms with van der Waals surface area (Å²) in [6.07, 6.45) is 0. The molecule has 0 unspecified atom stereocenters. The van der Waals surface area contributed by atoms with Gasteiger partial charge in [0.25, 0.3) is 0 Å². The second-order valence-electron chi connectivity index (χ2n) is 6.84. The van der Waals surface area contributed by atoms with Gasteiger partial charge in [-0.3, -0.25) is 0 Å². The normalized spacial score (nSPS) is 11.2. The molecule has 0 fully saturated rings. The molecule has 0 amide bonds. The Morgan fingerprint density at radius 3 is 2.32 bits per heavy atom. The first-order valence-corrected chi connectivity index (χ1v) is 11.2. The van der Waals surface area contributed by atoms with Gasteiger partial charge in [-0.05, 0) is 50.4 Å². The fourth-order valence-electron chi connectivity index (χ4n) is 3.98. The van der Waals surface area contributed by atoms with Crippen LogP contribution in [-0.2, 0) is 6.54 Å². The summed E-state index contributed by atoms with van der Waals surface area (Å²) >= 11 is 7.67. The molecule has 0 saturated carbocycles. The zero-order chi connectivity index (χ0) is 18.6. The van der Waals surface area contributed by atoms with Crippen molar-refractivity contribution in [3.05, 3.63) is 71.8 Å². The molecule has 0 saturated heterocycles. The van der Waals surface area contributed by atoms with Crippen LogP contribution in [0, 0.1) is 6.92 Å². The average molecular weight is 430 g/mol. The van der Waals surface area contributed by atoms with E-state index in [1.54, 1.807) is 0 Å². The summed E-state index contributed by atoms with van der Waals surface area (Å²) in [6.45, 7) is 4.15. The average Bonchev–Trinajstić information content (AvgIpc) is 2.72. The van der Waals surface area contributed by atoms with E-state index in [2.05, 4.69) is 72.9 Å². The Morgan fingerprint density at radius 1 is 0.821 bits per heavy atom. The van der Waals surface area contributed by atoms with Gasteiger partial charge in [0.2, 0.25) is 0 Å². The zero-order valence-corrected chi connectivity index (χ0v) is 18.4. The van der Waals surface area contributed by atoms with Crippen LogP contribution in [-0.4, -0.2) is 23.9 Å². The van der Waals surface area contributed by atoms with Crippen molar-refractivity contribution >= 4 is 68.1 Å². The molecular formula is C24H25Cl2NS. The Balaban J connectivity index is 0.00000225. The molecule has 28 heavy (non-hydrogen) atoms. The van der Waals surface area contributed by atoms with Crippen LogP contribution < -0.4 is 5.32 Å². The molecule has 0 spiro atoms. The van der Waals surface area contributed by atoms with Crippen LogP contribution in [0.1, 0.15) is 11.1 Å². The molecule has 0 radical (unpaired) electrons. The quantitative estimate of drug-likeness (QED) is 0.148. The number of aryl methyl sites for hydroxylation is 1. The van der Waals surface area contributed by atoms with Gasteiger partial charge in [-0.2, -0.15) is 11.8 Å². The van der Waals surface area contributed by atoms with E-state index >= 15 is 0 Å². The van der Waals surface area contributed by atoms with Crippen LogP contribution in [0.5, 0.6) is 0 Å². The number of thioether (sulfide) groups is 1. The number of rotatable bonds is 7. The second kappa shape index (κ2) is 9.84. The summed E-state index contributed by atoms with van der Waals surface area (Å²) in [7, 11) is 0. The molecule has 146 valence electrons. The third-order valence-corrected chi connectivity index (χ3v) is 6.63. The summed E-state index contributed by atoms with van der Waals surface area (Å²) < 4.78 is 0. The Bertz CT molecular complexity index is 1090. The smallest absolute Gasteiger partial charge is 0.0314 e. The first-order valence-electron chi connectivity index (χ1n) is 9.47. The lowest BCUT2D eigenvalue weighted by molar-refractivity contribution is 0.739. The van der Waals surface area contributed by atoms with Crippen LogP contribution in [0.4, 0.5) is 0 Å². The van der Waals surface area contributed by atoms with Gasteiger partial charge in [-0.1, -0.05) is 60.7 Å². The lowest BCUT2D eigenvalue weighted by atomic mass is 9.89. The maximum atomic E-state index is 5.76. The fourth-order valence-corrected chi connectivity index (χ4v) is 4.91. The molecule has 0 aromatic heterocycles. The molecule has 1 nitrogen and oxygen atoms in total. The Labute approximate surface area is 182 Å². The molecule has 0 aliphatic carbocycles. The Morgan fingerprint density at radius 2 is 1.54 bits per heavy atom. The van der Waals surface area contributed by atoms with Gasteiger partial charge in [0, 0.05) is 30.5 Å². The standard InChI is InChI=1S/C24H24ClNS.ClH/c1-17-19-7-4-5-9-21(19)23(16-26-13-15-27-14-12-25)22-11-10-18-6-2-3-8-20(18)24(17)22;/h2-11,26H,12-16H2,1H3;1H. The monoisotopic (exact) mass is 429 g/mol. The number of alkyl halides is 1. The summed E-state index contributed by atoms with van der Waals surface area (Å²) in [5, 5.41) is 11.8. The van der Waals surface area contributed by atoms with E-state index in [1.165, 1.54) is 43.4 Å². The van der Waals surface area contributed by atoms with E-state index < -0.39 is 0 Å². The highest BCUT2D eigenvalue weighted by atomic mass is 35.5. The van der Waals surface area contributed by atoms with Crippen molar-refractivity contribution in [1.29, 1.82) is 0 Å². The molecule has 4 heteroatoms. The molecule has 0 aliphatic rings. The molecule has 0 aliphatic heterocycles. The summed E-state index contributed by atoms with van der Waals surface area (Å²) in [4.78, 5) is 0. The maximum Gasteiger partial charge on any atom is 0.0314 e. The highest BCUT2D eigenvalue weighted by Crippen LogP contribution is 2.36. The summed E-state index contributed by atoms with van der Waals surface area (Å²) in [5.41, 5.74) is 2.78. The molecule has 0 atom stereocenters. The van der Waals surface area contributed by atoms with Gasteiger partial charge in [0.05, 0.1) is 0 Å². The molecule has 1 N–H and O–H groups in total. The minimum absolute atomic E-state index is 0. The predicted molar refractivity (Wildman–Crippen MR) is 131 cm³/mol. The lowest BCUT2D eigenvalue weighted by Crippen LogP contribution is -2.17. The largest absolute Gasteiger partial charge is 0.312 e. The Hall–Kier alpha value is -1.45. The van der Waals surface area contributed by atoms with Gasteiger partial charge in [-0.15, -0.1) is 24.0 Å². The molecule has 4 aromatic rings. The number of hydrogen-bond donors (Lipinski definition) is 1. The van der Waals surface area contributed by atoms with Gasteiger partial charge < -0.3 is 5.32 Å². The van der Waals surface area contributed by atoms with E-state index in [4.69, 9.17) is 11.6 Å². The number of nitrogens with one attached hydrogen (secondary N) is 1. The van der Waals surface area contributed by atoms with Crippen LogP contribution in [0.2, 0.25) is 0 Å². The van der Waals surface area contributed by atoms with E-state index in [1.807, 2.05) is 11.8 Å². The van der Waals surface area contributed by atoms with E-state index in [0.717, 1.165) is 30.5 Å². The summed E-state index contributed by atoms with van der Waals surface area (Å²) in [5.74, 6) is 2.84. The van der Waals surface area contributed by atoms with E-state index in [-0.39, 0.29) is 12.4 Å². The van der Waals surface area contributed by atoms with Crippen LogP contribution in [0.15, 0.2) is 60.7 Å². The Kier molecular flexibility index (Phi) is 7.48. The number of benzene rings is 4. The summed E-state index contributed by atoms with van der Waals surface area (Å²) in [6, 6.07) is 22.1. The van der Waals surface area contributed by atoms with Crippen molar-refractivity contribution in [2.45, 2.75) is 13.5 Å². The molecular weight excluding hydrogens is 405 g/mol. The van der Waals surface area contributed by atoms with Crippen molar-refractivity contribution in [3.8, 4) is 0 Å². The highest BCUT2D eigenvalue weighted by Gasteiger charge is 2.13. The van der Waals surface area contributed by atoms with Gasteiger partial charge >= 0.3 is 0 Å². The highest BCUT2D eigenvalue weighted by molar-refractivity contribution is 7.99. The minimum Gasteiger partial charge on any atom is -0.312 e. The molecule has 0 bridgehead atoms. The van der Waals surface area contributed by atoms with Crippen LogP contribution in [0.25, 0.3) is 32.3 Å². The van der Waals surface area contributed by atoms with Crippen molar-refractivity contribution in [2.75, 3.05) is 23.9 Å². The van der Waals surface area contributed by atoms with Crippen molar-refractivity contribution in [1.82, 2.24) is 5.32 Å². The first-order chi connectivity index (χ1) is 13.3. The lowest BCUT2D eigenvalue weighted by Gasteiger charge is -2.17. The van der Waals surface area contributed by atoms with Gasteiger partial charge in [0.1, 0.15) is 0 Å². The number of fused-ring (bicyclic) bond motifs is 4. The fraction of sp³-hybridized carbons (Fsp3) is 0.250. The number of halogens is 2. The third kappa shape index (κ3) is 4.11. The topological polar surface area (TPSA) is 12.0 Å². The molecule has 4 rings (SSSR count). The van der Waals surface area contributed by atoms with E-state index in [0.29, 0.717) is 0 Å².